The van der Waals surface area contributed by atoms with Crippen LogP contribution in [0.5, 0.6) is 0 Å². The van der Waals surface area contributed by atoms with Crippen molar-refractivity contribution >= 4 is 5.91 Å². The fourth-order valence-electron chi connectivity index (χ4n) is 0.710. The predicted octanol–water partition coefficient (Wildman–Crippen LogP) is 0.367. The van der Waals surface area contributed by atoms with Crippen LogP contribution < -0.4 is 10.6 Å². The molecule has 0 saturated carbocycles. The molecule has 1 amide bonds. The Morgan fingerprint density at radius 3 is 2.67 bits per heavy atom. The molecule has 0 heterocycles. The van der Waals surface area contributed by atoms with E-state index in [0.29, 0.717) is 19.4 Å². The number of rotatable bonds is 6. The molecule has 0 atom stereocenters. The number of nitrogens with one attached hydrogen (secondary N) is 2. The van der Waals surface area contributed by atoms with Crippen LogP contribution in [0.3, 0.4) is 0 Å². The fraction of sp³-hybridized carbons (Fsp3) is 0.857. The first-order valence-electron chi connectivity index (χ1n) is 3.86. The largest absolute Gasteiger partial charge is 0.359 e. The van der Waals surface area contributed by atoms with Crippen molar-refractivity contribution in [1.82, 2.24) is 10.6 Å². The van der Waals surface area contributed by atoms with Crippen LogP contribution in [0, 0.1) is 0 Å². The maximum absolute atomic E-state index is 11.5. The number of halogens is 2. The topological polar surface area (TPSA) is 41.1 Å². The minimum Gasteiger partial charge on any atom is -0.359 e. The van der Waals surface area contributed by atoms with E-state index >= 15 is 0 Å². The fourth-order valence-corrected chi connectivity index (χ4v) is 0.710. The van der Waals surface area contributed by atoms with Crippen LogP contribution in [-0.2, 0) is 4.79 Å². The summed E-state index contributed by atoms with van der Waals surface area (Å²) in [5.41, 5.74) is 0. The van der Waals surface area contributed by atoms with E-state index < -0.39 is 6.43 Å². The molecule has 2 N–H and O–H groups in total. The first-order valence-corrected chi connectivity index (χ1v) is 3.86. The molecule has 72 valence electrons. The number of alkyl halides is 2. The van der Waals surface area contributed by atoms with Crippen LogP contribution >= 0.6 is 0 Å². The molecule has 0 aromatic rings. The highest BCUT2D eigenvalue weighted by atomic mass is 19.3. The van der Waals surface area contributed by atoms with Gasteiger partial charge in [0.2, 0.25) is 5.91 Å². The van der Waals surface area contributed by atoms with Crippen LogP contribution in [-0.4, -0.2) is 32.5 Å². The minimum absolute atomic E-state index is 0.0613. The number of carbonyl (C=O) groups excluding carboxylic acids is 1. The molecule has 0 spiro atoms. The number of amides is 1. The third-order valence-electron chi connectivity index (χ3n) is 1.33. The Hall–Kier alpha value is -0.710. The van der Waals surface area contributed by atoms with Crippen molar-refractivity contribution in [2.24, 2.45) is 0 Å². The quantitative estimate of drug-likeness (QED) is 0.580. The molecular formula is C7H14F2N2O. The molecular weight excluding hydrogens is 166 g/mol. The first-order chi connectivity index (χ1) is 5.66. The van der Waals surface area contributed by atoms with Gasteiger partial charge in [0.1, 0.15) is 0 Å². The Morgan fingerprint density at radius 1 is 1.50 bits per heavy atom. The Labute approximate surface area is 70.5 Å². The molecule has 0 aromatic carbocycles. The zero-order valence-electron chi connectivity index (χ0n) is 7.07. The van der Waals surface area contributed by atoms with Gasteiger partial charge in [-0.05, 0) is 13.0 Å². The van der Waals surface area contributed by atoms with Gasteiger partial charge in [-0.3, -0.25) is 4.79 Å². The highest BCUT2D eigenvalue weighted by molar-refractivity contribution is 5.75. The van der Waals surface area contributed by atoms with Crippen LogP contribution in [0.4, 0.5) is 8.78 Å². The van der Waals surface area contributed by atoms with Crippen LogP contribution in [0.1, 0.15) is 12.8 Å². The summed E-state index contributed by atoms with van der Waals surface area (Å²) in [6.45, 7) is 0.158. The van der Waals surface area contributed by atoms with Crippen molar-refractivity contribution in [3.8, 4) is 0 Å². The van der Waals surface area contributed by atoms with Gasteiger partial charge < -0.3 is 10.6 Å². The summed E-state index contributed by atoms with van der Waals surface area (Å²) < 4.78 is 23.1. The molecule has 0 rings (SSSR count). The van der Waals surface area contributed by atoms with Gasteiger partial charge in [-0.1, -0.05) is 0 Å². The van der Waals surface area contributed by atoms with Crippen LogP contribution in [0.25, 0.3) is 0 Å². The highest BCUT2D eigenvalue weighted by Crippen LogP contribution is 1.89. The SMILES string of the molecule is CNC(=O)CCCNCC(F)F. The average Bonchev–Trinajstić information content (AvgIpc) is 2.03. The molecule has 5 heteroatoms. The van der Waals surface area contributed by atoms with Gasteiger partial charge in [0.05, 0.1) is 6.54 Å². The lowest BCUT2D eigenvalue weighted by Crippen LogP contribution is -2.24. The summed E-state index contributed by atoms with van der Waals surface area (Å²) in [6, 6.07) is 0. The van der Waals surface area contributed by atoms with E-state index in [1.807, 2.05) is 0 Å². The molecule has 3 nitrogen and oxygen atoms in total. The van der Waals surface area contributed by atoms with E-state index in [2.05, 4.69) is 10.6 Å². The number of hydrogen-bond donors (Lipinski definition) is 2. The van der Waals surface area contributed by atoms with Crippen molar-refractivity contribution < 1.29 is 13.6 Å². The number of carbonyl (C=O) groups is 1. The zero-order valence-corrected chi connectivity index (χ0v) is 7.07. The summed E-state index contributed by atoms with van der Waals surface area (Å²) in [7, 11) is 1.55. The molecule has 0 aliphatic carbocycles. The lowest BCUT2D eigenvalue weighted by atomic mass is 10.3. The van der Waals surface area contributed by atoms with Gasteiger partial charge in [-0.25, -0.2) is 8.78 Å². The summed E-state index contributed by atoms with van der Waals surface area (Å²) in [5, 5.41) is 4.98. The molecule has 0 aliphatic heterocycles. The standard InChI is InChI=1S/C7H14F2N2O/c1-10-7(12)3-2-4-11-5-6(8)9/h6,11H,2-5H2,1H3,(H,10,12). The van der Waals surface area contributed by atoms with Gasteiger partial charge in [0.15, 0.2) is 0 Å². The van der Waals surface area contributed by atoms with Crippen LogP contribution in [0.2, 0.25) is 0 Å². The highest BCUT2D eigenvalue weighted by Gasteiger charge is 2.00. The molecule has 0 radical (unpaired) electrons. The van der Waals surface area contributed by atoms with E-state index in [0.717, 1.165) is 0 Å². The van der Waals surface area contributed by atoms with Crippen molar-refractivity contribution in [3.63, 3.8) is 0 Å². The van der Waals surface area contributed by atoms with E-state index in [1.54, 1.807) is 7.05 Å². The molecule has 0 saturated heterocycles. The monoisotopic (exact) mass is 180 g/mol. The predicted molar refractivity (Wildman–Crippen MR) is 42.2 cm³/mol. The van der Waals surface area contributed by atoms with Crippen LogP contribution in [0.15, 0.2) is 0 Å². The summed E-state index contributed by atoms with van der Waals surface area (Å²) in [6.07, 6.45) is -1.34. The lowest BCUT2D eigenvalue weighted by molar-refractivity contribution is -0.120. The molecule has 0 fully saturated rings. The van der Waals surface area contributed by atoms with Gasteiger partial charge >= 0.3 is 0 Å². The normalized spacial score (nSPS) is 10.3. The maximum atomic E-state index is 11.5. The summed E-state index contributed by atoms with van der Waals surface area (Å²) >= 11 is 0. The first kappa shape index (κ1) is 11.3. The van der Waals surface area contributed by atoms with Crippen molar-refractivity contribution in [3.05, 3.63) is 0 Å². The Kier molecular flexibility index (Phi) is 6.55. The van der Waals surface area contributed by atoms with E-state index in [4.69, 9.17) is 0 Å². The second-order valence-electron chi connectivity index (χ2n) is 2.37. The third kappa shape index (κ3) is 7.40. The molecule has 0 aliphatic rings. The van der Waals surface area contributed by atoms with Gasteiger partial charge in [-0.15, -0.1) is 0 Å². The second-order valence-corrected chi connectivity index (χ2v) is 2.37. The van der Waals surface area contributed by atoms with E-state index in [-0.39, 0.29) is 12.5 Å². The summed E-state index contributed by atoms with van der Waals surface area (Å²) in [4.78, 5) is 10.6. The van der Waals surface area contributed by atoms with Gasteiger partial charge in [0, 0.05) is 13.5 Å². The number of hydrogen-bond acceptors (Lipinski definition) is 2. The molecule has 12 heavy (non-hydrogen) atoms. The minimum atomic E-state index is -2.31. The summed E-state index contributed by atoms with van der Waals surface area (Å²) in [5.74, 6) is -0.0613. The Bertz CT molecular complexity index is 131. The van der Waals surface area contributed by atoms with Gasteiger partial charge in [-0.2, -0.15) is 0 Å². The van der Waals surface area contributed by atoms with Crippen molar-refractivity contribution in [1.29, 1.82) is 0 Å². The smallest absolute Gasteiger partial charge is 0.250 e. The average molecular weight is 180 g/mol. The molecule has 0 unspecified atom stereocenters. The van der Waals surface area contributed by atoms with Gasteiger partial charge in [0.25, 0.3) is 6.43 Å². The van der Waals surface area contributed by atoms with Crippen molar-refractivity contribution in [2.75, 3.05) is 20.1 Å². The van der Waals surface area contributed by atoms with E-state index in [9.17, 15) is 13.6 Å². The third-order valence-corrected chi connectivity index (χ3v) is 1.33. The lowest BCUT2D eigenvalue weighted by Gasteiger charge is -2.02. The Balaban J connectivity index is 3.05. The van der Waals surface area contributed by atoms with E-state index in [1.165, 1.54) is 0 Å². The maximum Gasteiger partial charge on any atom is 0.250 e. The van der Waals surface area contributed by atoms with Crippen molar-refractivity contribution in [2.45, 2.75) is 19.3 Å². The second kappa shape index (κ2) is 6.97. The molecule has 0 aromatic heterocycles. The zero-order chi connectivity index (χ0) is 9.40. The molecule has 0 bridgehead atoms. The Morgan fingerprint density at radius 2 is 2.17 bits per heavy atom.